The predicted molar refractivity (Wildman–Crippen MR) is 70.2 cm³/mol. The Morgan fingerprint density at radius 3 is 2.33 bits per heavy atom. The van der Waals surface area contributed by atoms with E-state index in [2.05, 4.69) is 33.0 Å². The van der Waals surface area contributed by atoms with Crippen LogP contribution in [0.15, 0.2) is 18.2 Å². The molecule has 1 N–H and O–H groups in total. The highest BCUT2D eigenvalue weighted by molar-refractivity contribution is 6.31. The zero-order valence-corrected chi connectivity index (χ0v) is 11.7. The second kappa shape index (κ2) is 3.95. The molecule has 1 aromatic rings. The first-order valence-corrected chi connectivity index (χ1v) is 6.31. The summed E-state index contributed by atoms with van der Waals surface area (Å²) >= 11 is 5.78. The van der Waals surface area contributed by atoms with E-state index < -0.39 is 11.7 Å². The SMILES string of the molecule is CC1(C)C(NC(=O)c2cc(Cl)ccc2F)C1(C)C. The summed E-state index contributed by atoms with van der Waals surface area (Å²) in [6.07, 6.45) is 0. The van der Waals surface area contributed by atoms with Crippen LogP contribution in [0.4, 0.5) is 4.39 Å². The molecule has 0 aliphatic heterocycles. The molecule has 0 bridgehead atoms. The van der Waals surface area contributed by atoms with E-state index in [4.69, 9.17) is 11.6 Å². The molecule has 1 fully saturated rings. The van der Waals surface area contributed by atoms with Crippen LogP contribution in [-0.4, -0.2) is 11.9 Å². The van der Waals surface area contributed by atoms with Gasteiger partial charge in [0.1, 0.15) is 5.82 Å². The van der Waals surface area contributed by atoms with Crippen LogP contribution in [0.1, 0.15) is 38.1 Å². The number of hydrogen-bond donors (Lipinski definition) is 1. The number of hydrogen-bond acceptors (Lipinski definition) is 1. The van der Waals surface area contributed by atoms with Crippen LogP contribution in [0, 0.1) is 16.6 Å². The second-order valence-electron chi connectivity index (χ2n) is 5.97. The number of nitrogens with one attached hydrogen (secondary N) is 1. The smallest absolute Gasteiger partial charge is 0.254 e. The quantitative estimate of drug-likeness (QED) is 0.873. The zero-order valence-electron chi connectivity index (χ0n) is 11.0. The van der Waals surface area contributed by atoms with E-state index in [1.54, 1.807) is 0 Å². The van der Waals surface area contributed by atoms with Crippen LogP contribution < -0.4 is 5.32 Å². The Balaban J connectivity index is 2.17. The first-order chi connectivity index (χ1) is 8.18. The van der Waals surface area contributed by atoms with E-state index >= 15 is 0 Å². The summed E-state index contributed by atoms with van der Waals surface area (Å²) in [5.74, 6) is -0.952. The van der Waals surface area contributed by atoms with Gasteiger partial charge in [0.25, 0.3) is 5.91 Å². The van der Waals surface area contributed by atoms with E-state index in [0.717, 1.165) is 0 Å². The van der Waals surface area contributed by atoms with Crippen molar-refractivity contribution >= 4 is 17.5 Å². The van der Waals surface area contributed by atoms with Crippen LogP contribution in [0.5, 0.6) is 0 Å². The largest absolute Gasteiger partial charge is 0.348 e. The highest BCUT2D eigenvalue weighted by Gasteiger charge is 2.65. The molecule has 1 aromatic carbocycles. The van der Waals surface area contributed by atoms with E-state index in [-0.39, 0.29) is 22.4 Å². The molecule has 2 nitrogen and oxygen atoms in total. The molecular formula is C14H17ClFNO. The van der Waals surface area contributed by atoms with Crippen molar-refractivity contribution in [2.45, 2.75) is 33.7 Å². The minimum absolute atomic E-state index is 0.000926. The fourth-order valence-electron chi connectivity index (χ4n) is 2.44. The molecule has 0 aromatic heterocycles. The molecular weight excluding hydrogens is 253 g/mol. The zero-order chi connectivity index (χ0) is 13.7. The molecule has 0 spiro atoms. The summed E-state index contributed by atoms with van der Waals surface area (Å²) in [5.41, 5.74) is 0.0519. The maximum Gasteiger partial charge on any atom is 0.254 e. The number of rotatable bonds is 2. The van der Waals surface area contributed by atoms with Crippen LogP contribution in [0.25, 0.3) is 0 Å². The molecule has 0 saturated heterocycles. The van der Waals surface area contributed by atoms with Gasteiger partial charge in [-0.15, -0.1) is 0 Å². The molecule has 0 heterocycles. The molecule has 98 valence electrons. The molecule has 0 radical (unpaired) electrons. The van der Waals surface area contributed by atoms with Gasteiger partial charge < -0.3 is 5.32 Å². The van der Waals surface area contributed by atoms with Gasteiger partial charge >= 0.3 is 0 Å². The van der Waals surface area contributed by atoms with E-state index in [9.17, 15) is 9.18 Å². The van der Waals surface area contributed by atoms with Gasteiger partial charge in [-0.3, -0.25) is 4.79 Å². The number of halogens is 2. The molecule has 4 heteroatoms. The minimum Gasteiger partial charge on any atom is -0.348 e. The predicted octanol–water partition coefficient (Wildman–Crippen LogP) is 3.64. The molecule has 0 unspecified atom stereocenters. The number of benzene rings is 1. The Morgan fingerprint density at radius 1 is 1.28 bits per heavy atom. The Morgan fingerprint density at radius 2 is 1.83 bits per heavy atom. The number of carbonyl (C=O) groups excluding carboxylic acids is 1. The van der Waals surface area contributed by atoms with Crippen molar-refractivity contribution in [2.75, 3.05) is 0 Å². The standard InChI is InChI=1S/C14H17ClFNO/c1-13(2)12(14(13,3)4)17-11(18)9-7-8(15)5-6-10(9)16/h5-7,12H,1-4H3,(H,17,18). The topological polar surface area (TPSA) is 29.1 Å². The van der Waals surface area contributed by atoms with Crippen LogP contribution >= 0.6 is 11.6 Å². The Bertz CT molecular complexity index is 497. The molecule has 1 saturated carbocycles. The molecule has 0 atom stereocenters. The average Bonchev–Trinajstić information content (AvgIpc) is 2.64. The summed E-state index contributed by atoms with van der Waals surface area (Å²) < 4.78 is 13.6. The van der Waals surface area contributed by atoms with Crippen molar-refractivity contribution < 1.29 is 9.18 Å². The summed E-state index contributed by atoms with van der Waals surface area (Å²) in [7, 11) is 0. The first-order valence-electron chi connectivity index (χ1n) is 5.94. The fourth-order valence-corrected chi connectivity index (χ4v) is 2.61. The van der Waals surface area contributed by atoms with Gasteiger partial charge in [-0.1, -0.05) is 39.3 Å². The van der Waals surface area contributed by atoms with Gasteiger partial charge in [0.2, 0.25) is 0 Å². The molecule has 1 aliphatic rings. The summed E-state index contributed by atoms with van der Waals surface area (Å²) in [5, 5.41) is 3.24. The van der Waals surface area contributed by atoms with Gasteiger partial charge in [-0.05, 0) is 29.0 Å². The van der Waals surface area contributed by atoms with Gasteiger partial charge in [0, 0.05) is 11.1 Å². The van der Waals surface area contributed by atoms with Crippen LogP contribution in [-0.2, 0) is 0 Å². The van der Waals surface area contributed by atoms with Crippen molar-refractivity contribution in [2.24, 2.45) is 10.8 Å². The third kappa shape index (κ3) is 1.91. The second-order valence-corrected chi connectivity index (χ2v) is 6.41. The third-order valence-corrected chi connectivity index (χ3v) is 4.70. The highest BCUT2D eigenvalue weighted by atomic mass is 35.5. The van der Waals surface area contributed by atoms with Gasteiger partial charge in [0.05, 0.1) is 5.56 Å². The maximum absolute atomic E-state index is 13.6. The van der Waals surface area contributed by atoms with E-state index in [1.807, 2.05) is 0 Å². The number of carbonyl (C=O) groups is 1. The molecule has 2 rings (SSSR count). The lowest BCUT2D eigenvalue weighted by Gasteiger charge is -2.08. The first kappa shape index (κ1) is 13.3. The lowest BCUT2D eigenvalue weighted by atomic mass is 10.0. The number of amides is 1. The maximum atomic E-state index is 13.6. The van der Waals surface area contributed by atoms with Crippen LogP contribution in [0.3, 0.4) is 0 Å². The van der Waals surface area contributed by atoms with Gasteiger partial charge in [0.15, 0.2) is 0 Å². The van der Waals surface area contributed by atoms with Crippen molar-refractivity contribution in [3.05, 3.63) is 34.6 Å². The van der Waals surface area contributed by atoms with Crippen molar-refractivity contribution in [1.29, 1.82) is 0 Å². The molecule has 1 aliphatic carbocycles. The summed E-state index contributed by atoms with van der Waals surface area (Å²) in [4.78, 5) is 12.0. The van der Waals surface area contributed by atoms with Crippen LogP contribution in [0.2, 0.25) is 5.02 Å². The average molecular weight is 270 g/mol. The van der Waals surface area contributed by atoms with Gasteiger partial charge in [-0.25, -0.2) is 4.39 Å². The van der Waals surface area contributed by atoms with E-state index in [0.29, 0.717) is 5.02 Å². The van der Waals surface area contributed by atoms with Gasteiger partial charge in [-0.2, -0.15) is 0 Å². The monoisotopic (exact) mass is 269 g/mol. The minimum atomic E-state index is -0.548. The lowest BCUT2D eigenvalue weighted by Crippen LogP contribution is -2.30. The van der Waals surface area contributed by atoms with E-state index in [1.165, 1.54) is 18.2 Å². The normalized spacial score (nSPS) is 20.6. The summed E-state index contributed by atoms with van der Waals surface area (Å²) in [6.45, 7) is 8.36. The lowest BCUT2D eigenvalue weighted by molar-refractivity contribution is 0.0939. The van der Waals surface area contributed by atoms with Crippen molar-refractivity contribution in [1.82, 2.24) is 5.32 Å². The third-order valence-electron chi connectivity index (χ3n) is 4.47. The Labute approximate surface area is 112 Å². The molecule has 1 amide bonds. The Kier molecular flexibility index (Phi) is 2.93. The Hall–Kier alpha value is -1.09. The summed E-state index contributed by atoms with van der Waals surface area (Å²) in [6, 6.07) is 4.05. The van der Waals surface area contributed by atoms with Crippen molar-refractivity contribution in [3.8, 4) is 0 Å². The molecule has 18 heavy (non-hydrogen) atoms. The highest BCUT2D eigenvalue weighted by Crippen LogP contribution is 2.62. The van der Waals surface area contributed by atoms with Crippen molar-refractivity contribution in [3.63, 3.8) is 0 Å². The fraction of sp³-hybridized carbons (Fsp3) is 0.500.